The van der Waals surface area contributed by atoms with E-state index >= 15 is 0 Å². The lowest BCUT2D eigenvalue weighted by atomic mass is 9.98. The number of amides is 3. The third-order valence-electron chi connectivity index (χ3n) is 8.84. The van der Waals surface area contributed by atoms with Gasteiger partial charge in [-0.2, -0.15) is 13.2 Å². The maximum atomic E-state index is 14.1. The molecule has 0 aliphatic carbocycles. The molecule has 1 aromatic heterocycles. The van der Waals surface area contributed by atoms with Gasteiger partial charge in [-0.15, -0.1) is 6.58 Å². The Labute approximate surface area is 326 Å². The van der Waals surface area contributed by atoms with Crippen LogP contribution < -0.4 is 10.9 Å². The molecule has 1 N–H and O–H groups in total. The van der Waals surface area contributed by atoms with E-state index in [1.165, 1.54) is 53.6 Å². The van der Waals surface area contributed by atoms with Gasteiger partial charge in [-0.05, 0) is 62.7 Å². The first-order valence-electron chi connectivity index (χ1n) is 17.0. The summed E-state index contributed by atoms with van der Waals surface area (Å²) in [5.41, 5.74) is -0.801. The number of halogens is 4. The number of fused-ring (bicyclic) bond motifs is 1. The van der Waals surface area contributed by atoms with Gasteiger partial charge in [0.1, 0.15) is 0 Å². The Hall–Kier alpha value is -5.56. The van der Waals surface area contributed by atoms with E-state index < -0.39 is 84.3 Å². The molecule has 0 radical (unpaired) electrons. The largest absolute Gasteiger partial charge is 0.432 e. The minimum absolute atomic E-state index is 0.0297. The molecule has 3 aromatic rings. The first-order chi connectivity index (χ1) is 26.2. The molecule has 1 saturated heterocycles. The molecule has 0 bridgehead atoms. The average Bonchev–Trinajstić information content (AvgIpc) is 3.40. The molecule has 1 fully saturated rings. The third-order valence-corrected chi connectivity index (χ3v) is 9.54. The highest BCUT2D eigenvalue weighted by atomic mass is 79.9. The van der Waals surface area contributed by atoms with E-state index in [4.69, 9.17) is 18.9 Å². The van der Waals surface area contributed by atoms with Crippen LogP contribution in [0.2, 0.25) is 0 Å². The van der Waals surface area contributed by atoms with Crippen LogP contribution in [-0.2, 0) is 47.7 Å². The topological polar surface area (TPSA) is 176 Å². The number of benzene rings is 2. The number of hydrogen-bond donors (Lipinski definition) is 1. The molecular weight excluding hydrogens is 811 g/mol. The zero-order valence-electron chi connectivity index (χ0n) is 30.8. The number of esters is 2. The maximum Gasteiger partial charge on any atom is 0.419 e. The van der Waals surface area contributed by atoms with E-state index in [1.807, 2.05) is 0 Å². The fourth-order valence-electron chi connectivity index (χ4n) is 5.90. The Bertz CT molecular complexity index is 2140. The van der Waals surface area contributed by atoms with E-state index in [0.717, 1.165) is 19.2 Å². The van der Waals surface area contributed by atoms with Crippen LogP contribution in [-0.4, -0.2) is 87.0 Å². The van der Waals surface area contributed by atoms with Gasteiger partial charge in [0.25, 0.3) is 17.4 Å². The monoisotopic (exact) mass is 847 g/mol. The molecule has 3 heterocycles. The molecule has 2 aliphatic rings. The van der Waals surface area contributed by atoms with E-state index in [-0.39, 0.29) is 51.5 Å². The molecule has 0 spiro atoms. The SMILES string of the molecule is C=C[C@H](C)Nc1nc2c(c(=O)n1-c1ccc(C(=O)N(C)C(=O)OCOC(=O)C[C@@H]3OC(C)(C)OC3=O)cc1)C[C@@H](C)N(C(=O)c1ccc(Br)c(C(F)(F)F)c1)C2. The molecular formula is C37H37BrF3N5O10. The Morgan fingerprint density at radius 3 is 2.39 bits per heavy atom. The molecule has 5 rings (SSSR count). The van der Waals surface area contributed by atoms with Gasteiger partial charge >= 0.3 is 24.2 Å². The highest BCUT2D eigenvalue weighted by Gasteiger charge is 2.42. The van der Waals surface area contributed by atoms with Crippen LogP contribution in [0.1, 0.15) is 71.7 Å². The van der Waals surface area contributed by atoms with Gasteiger partial charge in [0.15, 0.2) is 6.10 Å². The first-order valence-corrected chi connectivity index (χ1v) is 17.8. The fourth-order valence-corrected chi connectivity index (χ4v) is 6.37. The van der Waals surface area contributed by atoms with Crippen molar-refractivity contribution in [2.45, 2.75) is 77.2 Å². The Balaban J connectivity index is 1.31. The number of nitrogens with one attached hydrogen (secondary N) is 1. The zero-order chi connectivity index (χ0) is 41.3. The van der Waals surface area contributed by atoms with Gasteiger partial charge in [-0.25, -0.2) is 24.0 Å². The lowest BCUT2D eigenvalue weighted by molar-refractivity contribution is -0.162. The van der Waals surface area contributed by atoms with Gasteiger partial charge in [0, 0.05) is 54.1 Å². The number of imide groups is 1. The van der Waals surface area contributed by atoms with Crippen LogP contribution in [0.25, 0.3) is 5.69 Å². The second-order valence-electron chi connectivity index (χ2n) is 13.4. The smallest absolute Gasteiger partial charge is 0.419 e. The number of alkyl halides is 3. The van der Waals surface area contributed by atoms with Crippen LogP contribution >= 0.6 is 15.9 Å². The fraction of sp³-hybridized carbons (Fsp3) is 0.378. The standard InChI is InChI=1S/C37H37BrF3N5O10/c1-7-19(2)42-34-43-27-17-45(31(49)22-10-13-26(38)25(15-22)37(39,40)41)20(3)14-24(27)32(50)46(34)23-11-8-21(9-12-23)30(48)44(6)35(52)54-18-53-29(47)16-28-33(51)56-36(4,5)55-28/h7-13,15,19-20,28H,1,14,16-18H2,2-6H3,(H,42,43)/t19-,20+,28-/m0/s1. The molecule has 298 valence electrons. The summed E-state index contributed by atoms with van der Waals surface area (Å²) in [5, 5.41) is 3.09. The van der Waals surface area contributed by atoms with Crippen molar-refractivity contribution in [2.24, 2.45) is 0 Å². The molecule has 0 saturated carbocycles. The quantitative estimate of drug-likeness (QED) is 0.157. The van der Waals surface area contributed by atoms with Crippen molar-refractivity contribution in [1.82, 2.24) is 19.4 Å². The van der Waals surface area contributed by atoms with Crippen LogP contribution in [0.5, 0.6) is 0 Å². The van der Waals surface area contributed by atoms with Crippen molar-refractivity contribution in [3.63, 3.8) is 0 Å². The minimum atomic E-state index is -4.69. The van der Waals surface area contributed by atoms with Crippen LogP contribution in [0.3, 0.4) is 0 Å². The highest BCUT2D eigenvalue weighted by molar-refractivity contribution is 9.10. The second kappa shape index (κ2) is 16.3. The zero-order valence-corrected chi connectivity index (χ0v) is 32.4. The molecule has 2 aromatic carbocycles. The molecule has 15 nitrogen and oxygen atoms in total. The highest BCUT2D eigenvalue weighted by Crippen LogP contribution is 2.36. The van der Waals surface area contributed by atoms with Crippen LogP contribution in [0.15, 0.2) is 64.4 Å². The summed E-state index contributed by atoms with van der Waals surface area (Å²) < 4.78 is 61.9. The number of ether oxygens (including phenoxy) is 4. The summed E-state index contributed by atoms with van der Waals surface area (Å²) in [5.74, 6) is -4.23. The summed E-state index contributed by atoms with van der Waals surface area (Å²) in [4.78, 5) is 84.0. The van der Waals surface area contributed by atoms with Gasteiger partial charge in [0.05, 0.1) is 29.9 Å². The van der Waals surface area contributed by atoms with Gasteiger partial charge in [0.2, 0.25) is 18.5 Å². The molecule has 3 amide bonds. The lowest BCUT2D eigenvalue weighted by Gasteiger charge is -2.35. The van der Waals surface area contributed by atoms with Gasteiger partial charge < -0.3 is 29.2 Å². The predicted octanol–water partition coefficient (Wildman–Crippen LogP) is 5.36. The first kappa shape index (κ1) is 41.6. The van der Waals surface area contributed by atoms with E-state index in [2.05, 4.69) is 32.8 Å². The number of aromatic nitrogens is 2. The van der Waals surface area contributed by atoms with Crippen LogP contribution in [0.4, 0.5) is 23.9 Å². The minimum Gasteiger partial charge on any atom is -0.432 e. The number of cyclic esters (lactones) is 1. The van der Waals surface area contributed by atoms with Crippen molar-refractivity contribution < 1.29 is 56.1 Å². The van der Waals surface area contributed by atoms with Crippen molar-refractivity contribution in [1.29, 1.82) is 0 Å². The van der Waals surface area contributed by atoms with Crippen molar-refractivity contribution >= 4 is 51.7 Å². The van der Waals surface area contributed by atoms with E-state index in [1.54, 1.807) is 19.9 Å². The van der Waals surface area contributed by atoms with Gasteiger partial charge in [-0.1, -0.05) is 22.0 Å². The molecule has 19 heteroatoms. The van der Waals surface area contributed by atoms with Crippen molar-refractivity contribution in [3.05, 3.63) is 97.9 Å². The molecule has 3 atom stereocenters. The second-order valence-corrected chi connectivity index (χ2v) is 14.3. The normalized spacial score (nSPS) is 17.9. The van der Waals surface area contributed by atoms with Crippen LogP contribution in [0, 0.1) is 0 Å². The lowest BCUT2D eigenvalue weighted by Crippen LogP contribution is -2.46. The average molecular weight is 849 g/mol. The summed E-state index contributed by atoms with van der Waals surface area (Å²) in [6, 6.07) is 7.89. The number of carbonyl (C=O) groups is 5. The summed E-state index contributed by atoms with van der Waals surface area (Å²) in [6.45, 7) is 9.18. The number of anilines is 1. The predicted molar refractivity (Wildman–Crippen MR) is 194 cm³/mol. The Morgan fingerprint density at radius 1 is 1.12 bits per heavy atom. The Morgan fingerprint density at radius 2 is 1.79 bits per heavy atom. The summed E-state index contributed by atoms with van der Waals surface area (Å²) in [7, 11) is 1.14. The molecule has 2 aliphatic heterocycles. The molecule has 0 unspecified atom stereocenters. The number of nitrogens with zero attached hydrogens (tertiary/aromatic N) is 4. The summed E-state index contributed by atoms with van der Waals surface area (Å²) in [6.07, 6.45) is -5.89. The number of rotatable bonds is 10. The summed E-state index contributed by atoms with van der Waals surface area (Å²) >= 11 is 2.89. The molecule has 56 heavy (non-hydrogen) atoms. The number of hydrogen-bond acceptors (Lipinski definition) is 12. The number of carbonyl (C=O) groups excluding carboxylic acids is 5. The van der Waals surface area contributed by atoms with E-state index in [9.17, 15) is 41.9 Å². The van der Waals surface area contributed by atoms with Crippen molar-refractivity contribution in [2.75, 3.05) is 19.2 Å². The van der Waals surface area contributed by atoms with Crippen molar-refractivity contribution in [3.8, 4) is 5.69 Å². The Kier molecular flexibility index (Phi) is 12.1. The third kappa shape index (κ3) is 9.10. The maximum absolute atomic E-state index is 14.1. The van der Waals surface area contributed by atoms with E-state index in [0.29, 0.717) is 4.90 Å². The van der Waals surface area contributed by atoms with Gasteiger partial charge in [-0.3, -0.25) is 19.2 Å².